The fraction of sp³-hybridized carbons (Fsp3) is 0.450. The molecule has 6 N–H and O–H groups in total. The van der Waals surface area contributed by atoms with Crippen LogP contribution in [0.25, 0.3) is 0 Å². The zero-order chi connectivity index (χ0) is 37.4. The molecule has 0 saturated heterocycles. The molecule has 4 aromatic rings. The second kappa shape index (κ2) is 20.5. The van der Waals surface area contributed by atoms with Gasteiger partial charge in [0.15, 0.2) is 22.3 Å². The molecule has 4 rings (SSSR count). The number of carbonyl (C=O) groups is 2. The lowest BCUT2D eigenvalue weighted by Gasteiger charge is -2.26. The Hall–Kier alpha value is -3.78. The van der Waals surface area contributed by atoms with Crippen molar-refractivity contribution < 1.29 is 38.7 Å². The minimum Gasteiger partial charge on any atom is -0.484 e. The van der Waals surface area contributed by atoms with Crippen molar-refractivity contribution in [1.29, 1.82) is 0 Å². The Morgan fingerprint density at radius 2 is 1.00 bits per heavy atom. The van der Waals surface area contributed by atoms with E-state index in [1.807, 2.05) is 60.7 Å². The smallest absolute Gasteiger partial charge is 0.338 e. The monoisotopic (exact) mass is 752 g/mol. The lowest BCUT2D eigenvalue weighted by molar-refractivity contribution is -0.174. The predicted octanol–water partition coefficient (Wildman–Crippen LogP) is 5.64. The Morgan fingerprint density at radius 3 is 1.38 bits per heavy atom. The molecule has 0 bridgehead atoms. The second-order valence-electron chi connectivity index (χ2n) is 13.7. The SMILES string of the molecule is C[C@@](N)(CCc1ccc(OCCCc2ccccc2)s1)COC(=O)C(O)C(O)C(=O)OC[C@](C)(N)CCc1ccc(OCCCc2ccccc2)s1. The molecule has 2 aromatic carbocycles. The Kier molecular flexibility index (Phi) is 16.1. The summed E-state index contributed by atoms with van der Waals surface area (Å²) < 4.78 is 22.2. The first-order chi connectivity index (χ1) is 24.9. The average Bonchev–Trinajstić information content (AvgIpc) is 3.81. The van der Waals surface area contributed by atoms with Gasteiger partial charge in [0.1, 0.15) is 13.2 Å². The van der Waals surface area contributed by atoms with Crippen LogP contribution in [0.5, 0.6) is 10.1 Å². The highest BCUT2D eigenvalue weighted by atomic mass is 32.1. The van der Waals surface area contributed by atoms with Crippen LogP contribution in [-0.4, -0.2) is 71.9 Å². The van der Waals surface area contributed by atoms with Gasteiger partial charge in [0.2, 0.25) is 0 Å². The number of hydrogen-bond acceptors (Lipinski definition) is 12. The van der Waals surface area contributed by atoms with Gasteiger partial charge in [0, 0.05) is 20.8 Å². The number of benzene rings is 2. The van der Waals surface area contributed by atoms with Crippen LogP contribution < -0.4 is 20.9 Å². The summed E-state index contributed by atoms with van der Waals surface area (Å²) in [7, 11) is 0. The topological polar surface area (TPSA) is 164 Å². The van der Waals surface area contributed by atoms with Crippen molar-refractivity contribution in [2.45, 2.75) is 88.5 Å². The number of carbonyl (C=O) groups excluding carboxylic acids is 2. The summed E-state index contributed by atoms with van der Waals surface area (Å²) in [6.07, 6.45) is 1.70. The maximum Gasteiger partial charge on any atom is 0.338 e. The number of esters is 2. The number of hydrogen-bond donors (Lipinski definition) is 4. The Bertz CT molecular complexity index is 1520. The standard InChI is InChI=1S/C40H52N2O8S2/c1-39(41,23-21-31-17-19-33(51-31)47-25-9-15-29-11-5-3-6-12-29)27-49-37(45)35(43)36(44)38(46)50-28-40(2,42)24-22-32-18-20-34(52-32)48-26-10-16-30-13-7-4-8-14-30/h3-8,11-14,17-20,35-36,43-44H,9-10,15-16,21-28,41-42H2,1-2H3/t35?,36?,39-,40-/m1/s1. The van der Waals surface area contributed by atoms with Gasteiger partial charge in [0.25, 0.3) is 0 Å². The van der Waals surface area contributed by atoms with Gasteiger partial charge in [-0.05, 0) is 101 Å². The zero-order valence-corrected chi connectivity index (χ0v) is 31.7. The number of aliphatic hydroxyl groups is 2. The van der Waals surface area contributed by atoms with Crippen LogP contribution in [-0.2, 0) is 44.7 Å². The van der Waals surface area contributed by atoms with Gasteiger partial charge in [-0.1, -0.05) is 60.7 Å². The van der Waals surface area contributed by atoms with Crippen molar-refractivity contribution in [3.8, 4) is 10.1 Å². The van der Waals surface area contributed by atoms with E-state index in [1.165, 1.54) is 11.1 Å². The van der Waals surface area contributed by atoms with Gasteiger partial charge in [0.05, 0.1) is 13.2 Å². The molecule has 0 aliphatic heterocycles. The third-order valence-corrected chi connectivity index (χ3v) is 10.5. The number of nitrogens with two attached hydrogens (primary N) is 2. The molecule has 282 valence electrons. The van der Waals surface area contributed by atoms with Crippen LogP contribution in [0.3, 0.4) is 0 Å². The minimum atomic E-state index is -2.14. The average molecular weight is 753 g/mol. The Balaban J connectivity index is 1.09. The first kappa shape index (κ1) is 41.0. The highest BCUT2D eigenvalue weighted by molar-refractivity contribution is 7.14. The molecule has 4 atom stereocenters. The molecule has 2 heterocycles. The largest absolute Gasteiger partial charge is 0.484 e. The summed E-state index contributed by atoms with van der Waals surface area (Å²) in [5, 5.41) is 22.3. The molecule has 0 aliphatic rings. The molecule has 10 nitrogen and oxygen atoms in total. The fourth-order valence-corrected chi connectivity index (χ4v) is 6.94. The quantitative estimate of drug-likeness (QED) is 0.0551. The van der Waals surface area contributed by atoms with E-state index in [2.05, 4.69) is 24.3 Å². The van der Waals surface area contributed by atoms with Crippen molar-refractivity contribution in [3.63, 3.8) is 0 Å². The van der Waals surface area contributed by atoms with Gasteiger partial charge >= 0.3 is 11.9 Å². The highest BCUT2D eigenvalue weighted by Gasteiger charge is 2.35. The zero-order valence-electron chi connectivity index (χ0n) is 30.0. The maximum atomic E-state index is 12.5. The van der Waals surface area contributed by atoms with Crippen LogP contribution >= 0.6 is 22.7 Å². The summed E-state index contributed by atoms with van der Waals surface area (Å²) in [6.45, 7) is 4.26. The van der Waals surface area contributed by atoms with Gasteiger partial charge in [-0.15, -0.1) is 22.7 Å². The van der Waals surface area contributed by atoms with E-state index in [-0.39, 0.29) is 13.2 Å². The van der Waals surface area contributed by atoms with Crippen molar-refractivity contribution >= 4 is 34.6 Å². The summed E-state index contributed by atoms with van der Waals surface area (Å²) >= 11 is 3.09. The fourth-order valence-electron chi connectivity index (χ4n) is 5.19. The molecular formula is C40H52N2O8S2. The van der Waals surface area contributed by atoms with E-state index in [9.17, 15) is 19.8 Å². The van der Waals surface area contributed by atoms with E-state index in [0.717, 1.165) is 45.6 Å². The molecular weight excluding hydrogens is 701 g/mol. The lowest BCUT2D eigenvalue weighted by Crippen LogP contribution is -2.48. The molecule has 0 saturated carbocycles. The molecule has 0 radical (unpaired) electrons. The van der Waals surface area contributed by atoms with Crippen molar-refractivity contribution in [2.24, 2.45) is 11.5 Å². The molecule has 2 aromatic heterocycles. The molecule has 0 amide bonds. The van der Waals surface area contributed by atoms with Crippen LogP contribution in [0, 0.1) is 0 Å². The number of aliphatic hydroxyl groups excluding tert-OH is 2. The van der Waals surface area contributed by atoms with E-state index in [0.29, 0.717) is 38.9 Å². The Labute approximate surface area is 314 Å². The van der Waals surface area contributed by atoms with E-state index >= 15 is 0 Å². The summed E-state index contributed by atoms with van der Waals surface area (Å²) in [5.41, 5.74) is 13.5. The van der Waals surface area contributed by atoms with Crippen LogP contribution in [0.2, 0.25) is 0 Å². The first-order valence-electron chi connectivity index (χ1n) is 17.7. The molecule has 12 heteroatoms. The van der Waals surface area contributed by atoms with Crippen molar-refractivity contribution in [1.82, 2.24) is 0 Å². The molecule has 0 spiro atoms. The third-order valence-electron chi connectivity index (χ3n) is 8.42. The van der Waals surface area contributed by atoms with Gasteiger partial charge in [-0.3, -0.25) is 0 Å². The number of rotatable bonds is 23. The molecule has 0 aliphatic carbocycles. The maximum absolute atomic E-state index is 12.5. The van der Waals surface area contributed by atoms with E-state index in [1.54, 1.807) is 36.5 Å². The summed E-state index contributed by atoms with van der Waals surface area (Å²) in [5.74, 6) is -2.34. The normalized spacial score (nSPS) is 14.8. The van der Waals surface area contributed by atoms with Crippen LogP contribution in [0.1, 0.15) is 60.4 Å². The lowest BCUT2D eigenvalue weighted by atomic mass is 9.97. The molecule has 0 fully saturated rings. The molecule has 2 unspecified atom stereocenters. The van der Waals surface area contributed by atoms with Gasteiger partial charge < -0.3 is 40.6 Å². The van der Waals surface area contributed by atoms with Crippen molar-refractivity contribution in [3.05, 3.63) is 106 Å². The second-order valence-corrected chi connectivity index (χ2v) is 16.0. The molecule has 52 heavy (non-hydrogen) atoms. The minimum absolute atomic E-state index is 0.219. The van der Waals surface area contributed by atoms with E-state index in [4.69, 9.17) is 30.4 Å². The third kappa shape index (κ3) is 14.7. The van der Waals surface area contributed by atoms with Gasteiger partial charge in [-0.2, -0.15) is 0 Å². The van der Waals surface area contributed by atoms with E-state index < -0.39 is 35.2 Å². The highest BCUT2D eigenvalue weighted by Crippen LogP contribution is 2.28. The Morgan fingerprint density at radius 1 is 0.615 bits per heavy atom. The summed E-state index contributed by atoms with van der Waals surface area (Å²) in [4.78, 5) is 27.1. The number of thiophene rings is 2. The van der Waals surface area contributed by atoms with Crippen LogP contribution in [0.15, 0.2) is 84.9 Å². The first-order valence-corrected chi connectivity index (χ1v) is 19.3. The predicted molar refractivity (Wildman–Crippen MR) is 205 cm³/mol. The van der Waals surface area contributed by atoms with Crippen molar-refractivity contribution in [2.75, 3.05) is 26.4 Å². The summed E-state index contributed by atoms with van der Waals surface area (Å²) in [6, 6.07) is 28.4. The van der Waals surface area contributed by atoms with Crippen LogP contribution in [0.4, 0.5) is 0 Å². The number of aryl methyl sites for hydroxylation is 4. The van der Waals surface area contributed by atoms with Gasteiger partial charge in [-0.25, -0.2) is 9.59 Å². The number of ether oxygens (including phenoxy) is 4.